The molecule has 3 aliphatic rings. The Hall–Kier alpha value is -2.32. The van der Waals surface area contributed by atoms with Gasteiger partial charge in [-0.1, -0.05) is 12.1 Å². The fraction of sp³-hybridized carbons (Fsp3) is 0.571. The van der Waals surface area contributed by atoms with Crippen molar-refractivity contribution in [3.63, 3.8) is 0 Å². The van der Waals surface area contributed by atoms with Crippen LogP contribution in [0.2, 0.25) is 0 Å². The number of carbonyl (C=O) groups is 3. The van der Waals surface area contributed by atoms with Crippen molar-refractivity contribution >= 4 is 17.7 Å². The highest BCUT2D eigenvalue weighted by Gasteiger charge is 2.39. The lowest BCUT2D eigenvalue weighted by molar-refractivity contribution is -0.136. The lowest BCUT2D eigenvalue weighted by atomic mass is 10.0. The SMILES string of the molecule is NC[C@@]1(F)CC[C@H](CNCc2ccc3c(c2)C(=O)N(C2CCC(=O)NC2=O)C3)C1. The fourth-order valence-corrected chi connectivity index (χ4v) is 4.68. The number of fused-ring (bicyclic) bond motifs is 1. The Labute approximate surface area is 169 Å². The first-order valence-electron chi connectivity index (χ1n) is 10.2. The van der Waals surface area contributed by atoms with E-state index in [1.807, 2.05) is 18.2 Å². The number of hydrogen-bond donors (Lipinski definition) is 3. The maximum absolute atomic E-state index is 14.2. The first kappa shape index (κ1) is 20.0. The minimum atomic E-state index is -1.22. The molecule has 2 aliphatic heterocycles. The van der Waals surface area contributed by atoms with E-state index in [4.69, 9.17) is 5.73 Å². The molecule has 156 valence electrons. The predicted octanol–water partition coefficient (Wildman–Crippen LogP) is 1.00. The molecule has 1 saturated heterocycles. The number of hydrogen-bond acceptors (Lipinski definition) is 5. The third-order valence-electron chi connectivity index (χ3n) is 6.38. The van der Waals surface area contributed by atoms with Crippen molar-refractivity contribution in [2.75, 3.05) is 13.1 Å². The van der Waals surface area contributed by atoms with Gasteiger partial charge in [0, 0.05) is 31.6 Å². The Morgan fingerprint density at radius 2 is 2.10 bits per heavy atom. The number of alkyl halides is 1. The molecule has 1 unspecified atom stereocenters. The smallest absolute Gasteiger partial charge is 0.255 e. The van der Waals surface area contributed by atoms with Gasteiger partial charge in [0.1, 0.15) is 11.7 Å². The van der Waals surface area contributed by atoms with Gasteiger partial charge in [-0.05, 0) is 55.3 Å². The molecule has 1 aliphatic carbocycles. The van der Waals surface area contributed by atoms with E-state index in [0.717, 1.165) is 24.1 Å². The van der Waals surface area contributed by atoms with E-state index in [0.29, 0.717) is 37.9 Å². The minimum Gasteiger partial charge on any atom is -0.328 e. The molecule has 8 heteroatoms. The summed E-state index contributed by atoms with van der Waals surface area (Å²) in [5, 5.41) is 5.68. The second-order valence-electron chi connectivity index (χ2n) is 8.49. The molecule has 29 heavy (non-hydrogen) atoms. The highest BCUT2D eigenvalue weighted by Crippen LogP contribution is 2.36. The van der Waals surface area contributed by atoms with Crippen molar-refractivity contribution in [3.05, 3.63) is 34.9 Å². The van der Waals surface area contributed by atoms with Crippen molar-refractivity contribution in [2.24, 2.45) is 11.7 Å². The summed E-state index contributed by atoms with van der Waals surface area (Å²) >= 11 is 0. The van der Waals surface area contributed by atoms with Gasteiger partial charge in [0.25, 0.3) is 5.91 Å². The molecule has 7 nitrogen and oxygen atoms in total. The van der Waals surface area contributed by atoms with E-state index < -0.39 is 17.6 Å². The summed E-state index contributed by atoms with van der Waals surface area (Å²) in [5.41, 5.74) is 6.79. The van der Waals surface area contributed by atoms with Gasteiger partial charge in [-0.2, -0.15) is 0 Å². The zero-order chi connectivity index (χ0) is 20.6. The Balaban J connectivity index is 1.35. The lowest BCUT2D eigenvalue weighted by Gasteiger charge is -2.29. The summed E-state index contributed by atoms with van der Waals surface area (Å²) in [5.74, 6) is -0.579. The molecule has 3 amide bonds. The van der Waals surface area contributed by atoms with Crippen LogP contribution in [-0.4, -0.2) is 47.4 Å². The number of nitrogens with two attached hydrogens (primary N) is 1. The van der Waals surface area contributed by atoms with Crippen LogP contribution in [0.4, 0.5) is 4.39 Å². The Morgan fingerprint density at radius 3 is 2.83 bits per heavy atom. The van der Waals surface area contributed by atoms with Gasteiger partial charge in [-0.3, -0.25) is 19.7 Å². The van der Waals surface area contributed by atoms with E-state index in [1.54, 1.807) is 4.90 Å². The van der Waals surface area contributed by atoms with Crippen molar-refractivity contribution in [1.29, 1.82) is 0 Å². The highest BCUT2D eigenvalue weighted by molar-refractivity contribution is 6.05. The third-order valence-corrected chi connectivity index (χ3v) is 6.38. The zero-order valence-electron chi connectivity index (χ0n) is 16.4. The van der Waals surface area contributed by atoms with Crippen LogP contribution in [0.3, 0.4) is 0 Å². The molecule has 3 atom stereocenters. The summed E-state index contributed by atoms with van der Waals surface area (Å²) in [6.07, 6.45) is 2.47. The van der Waals surface area contributed by atoms with Crippen LogP contribution in [-0.2, 0) is 22.7 Å². The van der Waals surface area contributed by atoms with Gasteiger partial charge in [0.15, 0.2) is 0 Å². The third kappa shape index (κ3) is 4.04. The average Bonchev–Trinajstić information content (AvgIpc) is 3.23. The number of halogens is 1. The number of imide groups is 1. The Morgan fingerprint density at radius 1 is 1.28 bits per heavy atom. The second-order valence-corrected chi connectivity index (χ2v) is 8.49. The summed E-state index contributed by atoms with van der Waals surface area (Å²) in [6.45, 7) is 1.78. The normalized spacial score (nSPS) is 29.3. The summed E-state index contributed by atoms with van der Waals surface area (Å²) in [4.78, 5) is 37.9. The molecule has 0 bridgehead atoms. The number of nitrogens with zero attached hydrogens (tertiary/aromatic N) is 1. The van der Waals surface area contributed by atoms with Crippen LogP contribution in [0.1, 0.15) is 53.6 Å². The van der Waals surface area contributed by atoms with Gasteiger partial charge in [-0.15, -0.1) is 0 Å². The molecule has 0 radical (unpaired) electrons. The number of benzene rings is 1. The first-order chi connectivity index (χ1) is 13.9. The van der Waals surface area contributed by atoms with Crippen molar-refractivity contribution in [3.8, 4) is 0 Å². The predicted molar refractivity (Wildman–Crippen MR) is 104 cm³/mol. The number of rotatable bonds is 6. The zero-order valence-corrected chi connectivity index (χ0v) is 16.4. The fourth-order valence-electron chi connectivity index (χ4n) is 4.68. The minimum absolute atomic E-state index is 0.0834. The maximum atomic E-state index is 14.2. The van der Waals surface area contributed by atoms with Crippen LogP contribution in [0.5, 0.6) is 0 Å². The van der Waals surface area contributed by atoms with Gasteiger partial charge < -0.3 is 16.0 Å². The molecule has 2 fully saturated rings. The van der Waals surface area contributed by atoms with E-state index in [-0.39, 0.29) is 30.7 Å². The van der Waals surface area contributed by atoms with Crippen LogP contribution in [0.15, 0.2) is 18.2 Å². The number of nitrogens with one attached hydrogen (secondary N) is 2. The van der Waals surface area contributed by atoms with E-state index in [2.05, 4.69) is 10.6 Å². The van der Waals surface area contributed by atoms with Crippen molar-refractivity contribution in [2.45, 2.75) is 56.9 Å². The van der Waals surface area contributed by atoms with Gasteiger partial charge >= 0.3 is 0 Å². The van der Waals surface area contributed by atoms with E-state index in [9.17, 15) is 18.8 Å². The van der Waals surface area contributed by atoms with Crippen molar-refractivity contribution in [1.82, 2.24) is 15.5 Å². The largest absolute Gasteiger partial charge is 0.328 e. The molecule has 1 aromatic rings. The van der Waals surface area contributed by atoms with Crippen LogP contribution in [0.25, 0.3) is 0 Å². The topological polar surface area (TPSA) is 105 Å². The molecule has 2 heterocycles. The van der Waals surface area contributed by atoms with Crippen molar-refractivity contribution < 1.29 is 18.8 Å². The monoisotopic (exact) mass is 402 g/mol. The number of piperidine rings is 1. The highest BCUT2D eigenvalue weighted by atomic mass is 19.1. The van der Waals surface area contributed by atoms with Crippen LogP contribution < -0.4 is 16.4 Å². The number of amides is 3. The lowest BCUT2D eigenvalue weighted by Crippen LogP contribution is -2.52. The summed E-state index contributed by atoms with van der Waals surface area (Å²) in [6, 6.07) is 5.17. The van der Waals surface area contributed by atoms with Crippen LogP contribution >= 0.6 is 0 Å². The number of carbonyl (C=O) groups excluding carboxylic acids is 3. The van der Waals surface area contributed by atoms with E-state index in [1.165, 1.54) is 0 Å². The quantitative estimate of drug-likeness (QED) is 0.616. The molecule has 0 aromatic heterocycles. The molecule has 4 rings (SSSR count). The second kappa shape index (κ2) is 7.84. The van der Waals surface area contributed by atoms with Gasteiger partial charge in [0.05, 0.1) is 0 Å². The van der Waals surface area contributed by atoms with Gasteiger partial charge in [-0.25, -0.2) is 4.39 Å². The summed E-state index contributed by atoms with van der Waals surface area (Å²) in [7, 11) is 0. The first-order valence-corrected chi connectivity index (χ1v) is 10.2. The standard InChI is InChI=1S/C21H27FN4O3/c22-21(12-23)6-5-14(8-21)10-24-9-13-1-2-15-11-26(20(29)16(15)7-13)17-3-4-18(27)25-19(17)28/h1-2,7,14,17,24H,3-6,8-12,23H2,(H,25,27,28)/t14-,17?,21+/m0/s1. The Kier molecular flexibility index (Phi) is 5.40. The van der Waals surface area contributed by atoms with Gasteiger partial charge in [0.2, 0.25) is 11.8 Å². The molecule has 4 N–H and O–H groups in total. The Bertz CT molecular complexity index is 845. The molecule has 1 saturated carbocycles. The molecular weight excluding hydrogens is 375 g/mol. The van der Waals surface area contributed by atoms with E-state index >= 15 is 0 Å². The molecule has 1 aromatic carbocycles. The molecule has 0 spiro atoms. The average molecular weight is 402 g/mol. The molecular formula is C21H27FN4O3. The maximum Gasteiger partial charge on any atom is 0.255 e. The van der Waals surface area contributed by atoms with Crippen LogP contribution in [0, 0.1) is 5.92 Å². The summed E-state index contributed by atoms with van der Waals surface area (Å²) < 4.78 is 14.2.